The second-order valence-electron chi connectivity index (χ2n) is 6.29. The number of ether oxygens (including phenoxy) is 1. The number of aromatic nitrogens is 2. The zero-order chi connectivity index (χ0) is 16.6. The summed E-state index contributed by atoms with van der Waals surface area (Å²) < 4.78 is 37.1. The maximum absolute atomic E-state index is 13.4. The van der Waals surface area contributed by atoms with Crippen LogP contribution in [0.3, 0.4) is 0 Å². The first-order chi connectivity index (χ1) is 11.6. The second kappa shape index (κ2) is 6.34. The minimum absolute atomic E-state index is 0.173. The Hall–Kier alpha value is -1.64. The summed E-state index contributed by atoms with van der Waals surface area (Å²) in [4.78, 5) is 6.65. The van der Waals surface area contributed by atoms with E-state index in [0.29, 0.717) is 11.4 Å². The molecule has 24 heavy (non-hydrogen) atoms. The number of hydrogen-bond acceptors (Lipinski definition) is 6. The van der Waals surface area contributed by atoms with Gasteiger partial charge in [-0.15, -0.1) is 0 Å². The lowest BCUT2D eigenvalue weighted by Crippen LogP contribution is -2.58. The molecule has 1 N–H and O–H groups in total. The summed E-state index contributed by atoms with van der Waals surface area (Å²) in [5.74, 6) is -0.893. The van der Waals surface area contributed by atoms with Gasteiger partial charge in [-0.1, -0.05) is 0 Å². The zero-order valence-electron chi connectivity index (χ0n) is 13.1. The maximum Gasteiger partial charge on any atom is 0.205 e. The number of nitrogens with one attached hydrogen (secondary N) is 1. The van der Waals surface area contributed by atoms with Crippen molar-refractivity contribution in [1.29, 1.82) is 0 Å². The van der Waals surface area contributed by atoms with Gasteiger partial charge in [0.25, 0.3) is 0 Å². The molecule has 2 aromatic rings. The minimum Gasteiger partial charge on any atom is -0.371 e. The van der Waals surface area contributed by atoms with E-state index in [1.54, 1.807) is 0 Å². The van der Waals surface area contributed by atoms with Gasteiger partial charge in [-0.25, -0.2) is 8.78 Å². The van der Waals surface area contributed by atoms with Crippen LogP contribution < -0.4 is 10.2 Å². The van der Waals surface area contributed by atoms with Gasteiger partial charge in [-0.3, -0.25) is 0 Å². The van der Waals surface area contributed by atoms with E-state index in [0.717, 1.165) is 56.8 Å². The van der Waals surface area contributed by atoms with Gasteiger partial charge in [0.15, 0.2) is 5.82 Å². The maximum atomic E-state index is 13.4. The summed E-state index contributed by atoms with van der Waals surface area (Å²) in [6, 6.07) is 3.35. The highest BCUT2D eigenvalue weighted by Crippen LogP contribution is 2.32. The molecule has 1 aromatic carbocycles. The molecule has 2 aliphatic rings. The van der Waals surface area contributed by atoms with Crippen LogP contribution in [0.5, 0.6) is 0 Å². The Labute approximate surface area is 142 Å². The summed E-state index contributed by atoms with van der Waals surface area (Å²) in [5, 5.41) is 4.16. The summed E-state index contributed by atoms with van der Waals surface area (Å²) in [6.07, 6.45) is 2.04. The molecule has 2 aliphatic heterocycles. The standard InChI is InChI=1S/C16H18F2N4OS/c17-12-6-11(7-13(18)8-12)14-20-15(24-21-14)22-4-1-2-16(10-22)9-19-3-5-23-16/h6-8,19H,1-5,9-10H2. The van der Waals surface area contributed by atoms with Gasteiger partial charge >= 0.3 is 0 Å². The largest absolute Gasteiger partial charge is 0.371 e. The van der Waals surface area contributed by atoms with Crippen molar-refractivity contribution in [3.63, 3.8) is 0 Å². The highest BCUT2D eigenvalue weighted by atomic mass is 32.1. The molecule has 1 atom stereocenters. The Bertz CT molecular complexity index is 707. The number of hydrogen-bond donors (Lipinski definition) is 1. The molecule has 5 nitrogen and oxygen atoms in total. The third-order valence-electron chi connectivity index (χ3n) is 4.48. The lowest BCUT2D eigenvalue weighted by atomic mass is 9.92. The first-order valence-electron chi connectivity index (χ1n) is 8.03. The van der Waals surface area contributed by atoms with Gasteiger partial charge in [0.05, 0.1) is 18.8 Å². The van der Waals surface area contributed by atoms with Crippen molar-refractivity contribution >= 4 is 16.7 Å². The molecule has 3 heterocycles. The molecule has 1 aromatic heterocycles. The van der Waals surface area contributed by atoms with Crippen LogP contribution in [0, 0.1) is 11.6 Å². The SMILES string of the molecule is Fc1cc(F)cc(-c2nsc(N3CCCC4(CNCCO4)C3)n2)c1. The Morgan fingerprint density at radius 2 is 2.08 bits per heavy atom. The smallest absolute Gasteiger partial charge is 0.205 e. The van der Waals surface area contributed by atoms with Crippen LogP contribution in [0.25, 0.3) is 11.4 Å². The van der Waals surface area contributed by atoms with Crippen molar-refractivity contribution in [2.24, 2.45) is 0 Å². The van der Waals surface area contributed by atoms with E-state index in [-0.39, 0.29) is 5.60 Å². The van der Waals surface area contributed by atoms with E-state index >= 15 is 0 Å². The van der Waals surface area contributed by atoms with Gasteiger partial charge in [-0.2, -0.15) is 9.36 Å². The van der Waals surface area contributed by atoms with Crippen LogP contribution in [0.4, 0.5) is 13.9 Å². The van der Waals surface area contributed by atoms with Gasteiger partial charge in [0.1, 0.15) is 11.6 Å². The number of anilines is 1. The number of morpholine rings is 1. The Kier molecular flexibility index (Phi) is 4.19. The molecule has 8 heteroatoms. The van der Waals surface area contributed by atoms with Crippen LogP contribution in [0.2, 0.25) is 0 Å². The molecule has 0 amide bonds. The van der Waals surface area contributed by atoms with Crippen molar-refractivity contribution in [2.75, 3.05) is 37.7 Å². The topological polar surface area (TPSA) is 50.3 Å². The van der Waals surface area contributed by atoms with E-state index in [1.807, 2.05) is 0 Å². The zero-order valence-corrected chi connectivity index (χ0v) is 13.9. The fraction of sp³-hybridized carbons (Fsp3) is 0.500. The molecule has 1 unspecified atom stereocenters. The third-order valence-corrected chi connectivity index (χ3v) is 5.26. The average Bonchev–Trinajstić information content (AvgIpc) is 3.05. The Balaban J connectivity index is 1.56. The molecule has 128 valence electrons. The van der Waals surface area contributed by atoms with Gasteiger partial charge in [0, 0.05) is 42.8 Å². The highest BCUT2D eigenvalue weighted by Gasteiger charge is 2.38. The van der Waals surface area contributed by atoms with E-state index in [4.69, 9.17) is 4.74 Å². The van der Waals surface area contributed by atoms with Gasteiger partial charge in [0.2, 0.25) is 5.13 Å². The summed E-state index contributed by atoms with van der Waals surface area (Å²) in [7, 11) is 0. The normalized spacial score (nSPS) is 24.5. The lowest BCUT2D eigenvalue weighted by Gasteiger charge is -2.44. The number of nitrogens with zero attached hydrogens (tertiary/aromatic N) is 3. The van der Waals surface area contributed by atoms with Crippen LogP contribution in [-0.2, 0) is 4.74 Å². The molecule has 0 saturated carbocycles. The molecule has 0 bridgehead atoms. The van der Waals surface area contributed by atoms with Crippen LogP contribution in [0.15, 0.2) is 18.2 Å². The number of rotatable bonds is 2. The van der Waals surface area contributed by atoms with Crippen molar-refractivity contribution < 1.29 is 13.5 Å². The number of piperidine rings is 1. The van der Waals surface area contributed by atoms with Crippen LogP contribution in [-0.4, -0.2) is 47.7 Å². The minimum atomic E-state index is -0.625. The van der Waals surface area contributed by atoms with Gasteiger partial charge < -0.3 is 15.0 Å². The van der Waals surface area contributed by atoms with Crippen LogP contribution in [0.1, 0.15) is 12.8 Å². The summed E-state index contributed by atoms with van der Waals surface area (Å²) >= 11 is 1.25. The first-order valence-corrected chi connectivity index (χ1v) is 8.81. The van der Waals surface area contributed by atoms with Crippen molar-refractivity contribution in [3.05, 3.63) is 29.8 Å². The van der Waals surface area contributed by atoms with Crippen molar-refractivity contribution in [1.82, 2.24) is 14.7 Å². The predicted octanol–water partition coefficient (Wildman–Crippen LogP) is 2.44. The fourth-order valence-corrected chi connectivity index (χ4v) is 4.09. The van der Waals surface area contributed by atoms with E-state index in [1.165, 1.54) is 23.7 Å². The second-order valence-corrected chi connectivity index (χ2v) is 7.02. The highest BCUT2D eigenvalue weighted by molar-refractivity contribution is 7.09. The summed E-state index contributed by atoms with van der Waals surface area (Å²) in [6.45, 7) is 4.08. The molecule has 2 fully saturated rings. The van der Waals surface area contributed by atoms with Crippen molar-refractivity contribution in [2.45, 2.75) is 18.4 Å². The van der Waals surface area contributed by atoms with Crippen LogP contribution >= 0.6 is 11.5 Å². The molecule has 1 spiro atoms. The molecular formula is C16H18F2N4OS. The number of halogens is 2. The fourth-order valence-electron chi connectivity index (χ4n) is 3.37. The molecule has 0 aliphatic carbocycles. The third kappa shape index (κ3) is 3.13. The Morgan fingerprint density at radius 3 is 2.83 bits per heavy atom. The molecule has 4 rings (SSSR count). The lowest BCUT2D eigenvalue weighted by molar-refractivity contribution is -0.0725. The van der Waals surface area contributed by atoms with E-state index in [9.17, 15) is 8.78 Å². The average molecular weight is 352 g/mol. The molecule has 2 saturated heterocycles. The monoisotopic (exact) mass is 352 g/mol. The predicted molar refractivity (Wildman–Crippen MR) is 88.3 cm³/mol. The molecule has 0 radical (unpaired) electrons. The van der Waals surface area contributed by atoms with E-state index in [2.05, 4.69) is 19.6 Å². The van der Waals surface area contributed by atoms with E-state index < -0.39 is 11.6 Å². The van der Waals surface area contributed by atoms with Crippen molar-refractivity contribution in [3.8, 4) is 11.4 Å². The molecular weight excluding hydrogens is 334 g/mol. The Morgan fingerprint density at radius 1 is 1.25 bits per heavy atom. The van der Waals surface area contributed by atoms with Gasteiger partial charge in [-0.05, 0) is 25.0 Å². The summed E-state index contributed by atoms with van der Waals surface area (Å²) in [5.41, 5.74) is 0.185. The first kappa shape index (κ1) is 15.9. The number of benzene rings is 1. The quantitative estimate of drug-likeness (QED) is 0.900.